The fourth-order valence-corrected chi connectivity index (χ4v) is 4.99. The molecule has 6 nitrogen and oxygen atoms in total. The quantitative estimate of drug-likeness (QED) is 0.322. The van der Waals surface area contributed by atoms with Crippen molar-refractivity contribution in [2.24, 2.45) is 0 Å². The Balaban J connectivity index is 1.65. The summed E-state index contributed by atoms with van der Waals surface area (Å²) in [4.78, 5) is 22.7. The number of rotatable bonds is 10. The third kappa shape index (κ3) is 5.48. The number of benzene rings is 1. The lowest BCUT2D eigenvalue weighted by molar-refractivity contribution is -0.125. The van der Waals surface area contributed by atoms with E-state index in [2.05, 4.69) is 45.8 Å². The van der Waals surface area contributed by atoms with Gasteiger partial charge in [-0.15, -0.1) is 6.58 Å². The van der Waals surface area contributed by atoms with Crippen molar-refractivity contribution in [3.05, 3.63) is 66.6 Å². The van der Waals surface area contributed by atoms with Crippen LogP contribution in [0.4, 0.5) is 5.95 Å². The van der Waals surface area contributed by atoms with Crippen molar-refractivity contribution in [3.63, 3.8) is 0 Å². The molecule has 0 saturated carbocycles. The molecule has 0 radical (unpaired) electrons. The predicted octanol–water partition coefficient (Wildman–Crippen LogP) is 6.07. The van der Waals surface area contributed by atoms with Crippen LogP contribution in [0.5, 0.6) is 0 Å². The second-order valence-corrected chi connectivity index (χ2v) is 9.88. The number of nitrogens with zero attached hydrogens (tertiary/aromatic N) is 4. The number of amides is 1. The van der Waals surface area contributed by atoms with Gasteiger partial charge in [0.1, 0.15) is 11.9 Å². The Hall–Kier alpha value is -2.99. The zero-order chi connectivity index (χ0) is 24.9. The van der Waals surface area contributed by atoms with Crippen LogP contribution in [0.3, 0.4) is 0 Å². The summed E-state index contributed by atoms with van der Waals surface area (Å²) in [6.07, 6.45) is 11.9. The van der Waals surface area contributed by atoms with Crippen molar-refractivity contribution in [2.45, 2.75) is 64.5 Å². The number of fused-ring (bicyclic) bond motifs is 1. The van der Waals surface area contributed by atoms with Gasteiger partial charge in [0.2, 0.25) is 11.9 Å². The number of likely N-dealkylation sites (tertiary alicyclic amines) is 1. The van der Waals surface area contributed by atoms with Crippen LogP contribution < -0.4 is 10.2 Å². The Bertz CT molecular complexity index is 1100. The van der Waals surface area contributed by atoms with Gasteiger partial charge in [0.15, 0.2) is 0 Å². The highest BCUT2D eigenvalue weighted by atomic mass is 35.5. The van der Waals surface area contributed by atoms with Gasteiger partial charge in [-0.2, -0.15) is 0 Å². The van der Waals surface area contributed by atoms with E-state index in [4.69, 9.17) is 16.6 Å². The van der Waals surface area contributed by atoms with E-state index in [-0.39, 0.29) is 18.0 Å². The summed E-state index contributed by atoms with van der Waals surface area (Å²) in [6.45, 7) is 14.0. The second kappa shape index (κ2) is 11.2. The minimum atomic E-state index is -0.202. The normalized spacial score (nSPS) is 18.3. The Morgan fingerprint density at radius 2 is 2.09 bits per heavy atom. The Labute approximate surface area is 214 Å². The first-order valence-corrected chi connectivity index (χ1v) is 13.0. The molecular weight excluding hydrogens is 458 g/mol. The fourth-order valence-electron chi connectivity index (χ4n) is 4.86. The van der Waals surface area contributed by atoms with Gasteiger partial charge in [0.05, 0.1) is 5.69 Å². The Morgan fingerprint density at radius 3 is 2.80 bits per heavy atom. The molecule has 186 valence electrons. The monoisotopic (exact) mass is 493 g/mol. The highest BCUT2D eigenvalue weighted by Gasteiger charge is 2.37. The van der Waals surface area contributed by atoms with E-state index in [1.54, 1.807) is 0 Å². The SMILES string of the molecule is C=CCC(C)NC(=O)C1CCCN1C1=CC(=C)n2cc(-c3ccc(Cl)cc3)nc2N1CCCCC. The number of nitrogens with one attached hydrogen (secondary N) is 1. The van der Waals surface area contributed by atoms with Crippen molar-refractivity contribution in [3.8, 4) is 11.3 Å². The standard InChI is InChI=1S/C28H36ClN5O/c1-5-7-8-16-33-26(32-17-9-11-25(32)27(35)30-20(3)10-6-2)18-21(4)34-19-24(31-28(33)34)22-12-14-23(29)15-13-22/h6,12-15,18-20,25H,2,4-5,7-11,16-17H2,1,3H3,(H,30,35). The molecule has 3 heterocycles. The molecule has 1 aromatic carbocycles. The van der Waals surface area contributed by atoms with Gasteiger partial charge in [-0.25, -0.2) is 4.98 Å². The van der Waals surface area contributed by atoms with Crippen molar-refractivity contribution in [2.75, 3.05) is 18.0 Å². The molecule has 1 amide bonds. The molecule has 2 aliphatic rings. The second-order valence-electron chi connectivity index (χ2n) is 9.44. The van der Waals surface area contributed by atoms with Gasteiger partial charge in [0.25, 0.3) is 0 Å². The van der Waals surface area contributed by atoms with E-state index in [0.29, 0.717) is 5.02 Å². The number of halogens is 1. The summed E-state index contributed by atoms with van der Waals surface area (Å²) in [7, 11) is 0. The average Bonchev–Trinajstić information content (AvgIpc) is 3.49. The van der Waals surface area contributed by atoms with E-state index < -0.39 is 0 Å². The number of hydrogen-bond donors (Lipinski definition) is 1. The predicted molar refractivity (Wildman–Crippen MR) is 145 cm³/mol. The van der Waals surface area contributed by atoms with Crippen LogP contribution >= 0.6 is 11.6 Å². The van der Waals surface area contributed by atoms with Gasteiger partial charge in [-0.1, -0.05) is 56.2 Å². The molecule has 0 aliphatic carbocycles. The summed E-state index contributed by atoms with van der Waals surface area (Å²) < 4.78 is 2.05. The molecule has 4 rings (SSSR count). The molecule has 2 unspecified atom stereocenters. The number of aromatic nitrogens is 2. The van der Waals surface area contributed by atoms with Crippen molar-refractivity contribution >= 4 is 29.2 Å². The van der Waals surface area contributed by atoms with Gasteiger partial charge < -0.3 is 10.2 Å². The molecule has 1 N–H and O–H groups in total. The molecule has 2 aromatic rings. The third-order valence-corrected chi connectivity index (χ3v) is 6.95. The zero-order valence-electron chi connectivity index (χ0n) is 20.8. The topological polar surface area (TPSA) is 53.4 Å². The Morgan fingerprint density at radius 1 is 1.31 bits per heavy atom. The molecule has 2 atom stereocenters. The largest absolute Gasteiger partial charge is 0.352 e. The van der Waals surface area contributed by atoms with Gasteiger partial charge in [-0.3, -0.25) is 14.3 Å². The number of allylic oxidation sites excluding steroid dienone is 2. The first kappa shape index (κ1) is 25.1. The highest BCUT2D eigenvalue weighted by molar-refractivity contribution is 6.30. The molecule has 1 fully saturated rings. The molecule has 0 spiro atoms. The van der Waals surface area contributed by atoms with E-state index in [0.717, 1.165) is 80.3 Å². The van der Waals surface area contributed by atoms with Crippen LogP contribution in [0.1, 0.15) is 52.4 Å². The maximum Gasteiger partial charge on any atom is 0.242 e. The summed E-state index contributed by atoms with van der Waals surface area (Å²) in [5, 5.41) is 3.87. The van der Waals surface area contributed by atoms with E-state index in [1.807, 2.05) is 43.5 Å². The molecule has 7 heteroatoms. The van der Waals surface area contributed by atoms with E-state index >= 15 is 0 Å². The van der Waals surface area contributed by atoms with E-state index in [9.17, 15) is 4.79 Å². The maximum absolute atomic E-state index is 13.2. The van der Waals surface area contributed by atoms with Crippen LogP contribution in [0.25, 0.3) is 17.0 Å². The number of hydrogen-bond acceptors (Lipinski definition) is 4. The average molecular weight is 494 g/mol. The van der Waals surface area contributed by atoms with Crippen molar-refractivity contribution in [1.29, 1.82) is 0 Å². The van der Waals surface area contributed by atoms with Crippen molar-refractivity contribution in [1.82, 2.24) is 19.8 Å². The molecule has 1 saturated heterocycles. The molecule has 35 heavy (non-hydrogen) atoms. The van der Waals surface area contributed by atoms with Crippen LogP contribution in [-0.4, -0.2) is 45.5 Å². The first-order chi connectivity index (χ1) is 16.9. The summed E-state index contributed by atoms with van der Waals surface area (Å²) in [5.41, 5.74) is 2.73. The van der Waals surface area contributed by atoms with Crippen LogP contribution in [-0.2, 0) is 4.79 Å². The third-order valence-electron chi connectivity index (χ3n) is 6.69. The van der Waals surface area contributed by atoms with Crippen LogP contribution in [0.15, 0.2) is 61.6 Å². The smallest absolute Gasteiger partial charge is 0.242 e. The lowest BCUT2D eigenvalue weighted by Gasteiger charge is -2.39. The highest BCUT2D eigenvalue weighted by Crippen LogP contribution is 2.36. The van der Waals surface area contributed by atoms with Crippen LogP contribution in [0, 0.1) is 0 Å². The van der Waals surface area contributed by atoms with Crippen LogP contribution in [0.2, 0.25) is 5.02 Å². The van der Waals surface area contributed by atoms with E-state index in [1.165, 1.54) is 0 Å². The number of unbranched alkanes of at least 4 members (excludes halogenated alkanes) is 2. The Kier molecular flexibility index (Phi) is 8.01. The molecular formula is C28H36ClN5O. The number of carbonyl (C=O) groups excluding carboxylic acids is 1. The van der Waals surface area contributed by atoms with Crippen molar-refractivity contribution < 1.29 is 4.79 Å². The number of carbonyl (C=O) groups is 1. The number of anilines is 1. The van der Waals surface area contributed by atoms with Gasteiger partial charge >= 0.3 is 0 Å². The fraction of sp³-hybridized carbons (Fsp3) is 0.429. The number of imidazole rings is 1. The molecule has 1 aromatic heterocycles. The zero-order valence-corrected chi connectivity index (χ0v) is 21.6. The lowest BCUT2D eigenvalue weighted by atomic mass is 10.1. The molecule has 2 aliphatic heterocycles. The van der Waals surface area contributed by atoms with Gasteiger partial charge in [-0.05, 0) is 44.7 Å². The minimum Gasteiger partial charge on any atom is -0.352 e. The van der Waals surface area contributed by atoms with Gasteiger partial charge in [0, 0.05) is 47.7 Å². The summed E-state index contributed by atoms with van der Waals surface area (Å²) in [5.74, 6) is 1.94. The lowest BCUT2D eigenvalue weighted by Crippen LogP contribution is -2.49. The maximum atomic E-state index is 13.2. The summed E-state index contributed by atoms with van der Waals surface area (Å²) >= 11 is 6.10. The minimum absolute atomic E-state index is 0.0687. The summed E-state index contributed by atoms with van der Waals surface area (Å²) in [6, 6.07) is 7.61. The molecule has 0 bridgehead atoms. The first-order valence-electron chi connectivity index (χ1n) is 12.6.